The summed E-state index contributed by atoms with van der Waals surface area (Å²) >= 11 is 6.07. The SMILES string of the molecule is Cc1ccccc1Cc1nnn(CC(O)COCc2ccccc2Cl)n1. The maximum Gasteiger partial charge on any atom is 0.179 e. The lowest BCUT2D eigenvalue weighted by molar-refractivity contribution is 0.0164. The van der Waals surface area contributed by atoms with Crippen LogP contribution in [0.1, 0.15) is 22.5 Å². The van der Waals surface area contributed by atoms with E-state index in [0.29, 0.717) is 23.9 Å². The lowest BCUT2D eigenvalue weighted by Crippen LogP contribution is -2.23. The number of halogens is 1. The molecule has 1 aromatic heterocycles. The van der Waals surface area contributed by atoms with Gasteiger partial charge in [0.25, 0.3) is 0 Å². The fourth-order valence-electron chi connectivity index (χ4n) is 2.56. The van der Waals surface area contributed by atoms with Gasteiger partial charge in [0, 0.05) is 11.4 Å². The Kier molecular flexibility index (Phi) is 6.33. The Hall–Kier alpha value is -2.28. The van der Waals surface area contributed by atoms with Crippen LogP contribution < -0.4 is 0 Å². The molecule has 26 heavy (non-hydrogen) atoms. The first-order chi connectivity index (χ1) is 12.6. The fourth-order valence-corrected chi connectivity index (χ4v) is 2.76. The molecule has 0 amide bonds. The molecule has 0 saturated carbocycles. The molecule has 1 heterocycles. The summed E-state index contributed by atoms with van der Waals surface area (Å²) in [7, 11) is 0. The predicted molar refractivity (Wildman–Crippen MR) is 98.9 cm³/mol. The topological polar surface area (TPSA) is 73.1 Å². The summed E-state index contributed by atoms with van der Waals surface area (Å²) < 4.78 is 5.53. The summed E-state index contributed by atoms with van der Waals surface area (Å²) in [6.07, 6.45) is -0.107. The Labute approximate surface area is 157 Å². The molecular weight excluding hydrogens is 352 g/mol. The number of benzene rings is 2. The zero-order chi connectivity index (χ0) is 18.4. The molecule has 1 atom stereocenters. The van der Waals surface area contributed by atoms with Crippen LogP contribution >= 0.6 is 11.6 Å². The lowest BCUT2D eigenvalue weighted by Gasteiger charge is -2.11. The van der Waals surface area contributed by atoms with Crippen LogP contribution in [0.4, 0.5) is 0 Å². The number of hydrogen-bond acceptors (Lipinski definition) is 5. The highest BCUT2D eigenvalue weighted by Gasteiger charge is 2.11. The van der Waals surface area contributed by atoms with E-state index < -0.39 is 6.10 Å². The highest BCUT2D eigenvalue weighted by atomic mass is 35.5. The molecule has 0 fully saturated rings. The van der Waals surface area contributed by atoms with Crippen LogP contribution in [0, 0.1) is 6.92 Å². The number of aromatic nitrogens is 4. The molecular formula is C19H21ClN4O2. The van der Waals surface area contributed by atoms with Gasteiger partial charge in [-0.05, 0) is 34.9 Å². The summed E-state index contributed by atoms with van der Waals surface area (Å²) in [5, 5.41) is 23.1. The van der Waals surface area contributed by atoms with Crippen molar-refractivity contribution in [3.63, 3.8) is 0 Å². The molecule has 3 rings (SSSR count). The van der Waals surface area contributed by atoms with Gasteiger partial charge in [-0.25, -0.2) is 0 Å². The first-order valence-electron chi connectivity index (χ1n) is 8.42. The maximum atomic E-state index is 10.1. The minimum atomic E-state index is -0.724. The van der Waals surface area contributed by atoms with E-state index in [2.05, 4.69) is 28.4 Å². The summed E-state index contributed by atoms with van der Waals surface area (Å²) in [4.78, 5) is 1.40. The number of aliphatic hydroxyl groups excluding tert-OH is 1. The summed E-state index contributed by atoms with van der Waals surface area (Å²) in [5.74, 6) is 0.628. The maximum absolute atomic E-state index is 10.1. The van der Waals surface area contributed by atoms with E-state index in [4.69, 9.17) is 16.3 Å². The van der Waals surface area contributed by atoms with Crippen LogP contribution in [0.5, 0.6) is 0 Å². The number of aryl methyl sites for hydroxylation is 1. The van der Waals surface area contributed by atoms with E-state index in [1.54, 1.807) is 0 Å². The van der Waals surface area contributed by atoms with E-state index >= 15 is 0 Å². The van der Waals surface area contributed by atoms with Gasteiger partial charge in [-0.1, -0.05) is 54.1 Å². The Morgan fingerprint density at radius 2 is 1.85 bits per heavy atom. The largest absolute Gasteiger partial charge is 0.389 e. The van der Waals surface area contributed by atoms with Crippen molar-refractivity contribution in [3.05, 3.63) is 76.1 Å². The first-order valence-corrected chi connectivity index (χ1v) is 8.80. The van der Waals surface area contributed by atoms with Crippen molar-refractivity contribution in [2.24, 2.45) is 0 Å². The molecule has 136 valence electrons. The second-order valence-electron chi connectivity index (χ2n) is 6.12. The molecule has 0 bridgehead atoms. The van der Waals surface area contributed by atoms with Crippen LogP contribution in [-0.4, -0.2) is 38.0 Å². The zero-order valence-electron chi connectivity index (χ0n) is 14.5. The third-order valence-electron chi connectivity index (χ3n) is 4.00. The molecule has 6 nitrogen and oxygen atoms in total. The summed E-state index contributed by atoms with van der Waals surface area (Å²) in [6.45, 7) is 2.79. The van der Waals surface area contributed by atoms with Gasteiger partial charge in [0.2, 0.25) is 0 Å². The van der Waals surface area contributed by atoms with Crippen molar-refractivity contribution in [2.45, 2.75) is 32.6 Å². The van der Waals surface area contributed by atoms with Crippen LogP contribution in [0.2, 0.25) is 5.02 Å². The Morgan fingerprint density at radius 1 is 1.12 bits per heavy atom. The normalized spacial score (nSPS) is 12.3. The van der Waals surface area contributed by atoms with Crippen LogP contribution in [-0.2, 0) is 24.3 Å². The minimum absolute atomic E-state index is 0.167. The number of nitrogens with zero attached hydrogens (tertiary/aromatic N) is 4. The number of tetrazole rings is 1. The molecule has 0 aliphatic rings. The van der Waals surface area contributed by atoms with Gasteiger partial charge >= 0.3 is 0 Å². The monoisotopic (exact) mass is 372 g/mol. The van der Waals surface area contributed by atoms with Gasteiger partial charge in [-0.15, -0.1) is 10.2 Å². The van der Waals surface area contributed by atoms with Crippen LogP contribution in [0.25, 0.3) is 0 Å². The second-order valence-corrected chi connectivity index (χ2v) is 6.53. The van der Waals surface area contributed by atoms with E-state index in [-0.39, 0.29) is 13.2 Å². The van der Waals surface area contributed by atoms with E-state index in [1.165, 1.54) is 10.4 Å². The van der Waals surface area contributed by atoms with Crippen LogP contribution in [0.15, 0.2) is 48.5 Å². The average molecular weight is 373 g/mol. The quantitative estimate of drug-likeness (QED) is 0.658. The van der Waals surface area contributed by atoms with Gasteiger partial charge in [-0.2, -0.15) is 4.80 Å². The van der Waals surface area contributed by atoms with E-state index in [1.807, 2.05) is 42.5 Å². The number of rotatable bonds is 8. The Morgan fingerprint density at radius 3 is 2.62 bits per heavy atom. The number of aliphatic hydroxyl groups is 1. The Balaban J connectivity index is 1.48. The molecule has 0 radical (unpaired) electrons. The summed E-state index contributed by atoms with van der Waals surface area (Å²) in [6, 6.07) is 15.6. The standard InChI is InChI=1S/C19H21ClN4O2/c1-14-6-2-3-7-15(14)10-19-21-23-24(22-19)11-17(25)13-26-12-16-8-4-5-9-18(16)20/h2-9,17,25H,10-13H2,1H3. The highest BCUT2D eigenvalue weighted by Crippen LogP contribution is 2.15. The molecule has 1 N–H and O–H groups in total. The van der Waals surface area contributed by atoms with Gasteiger partial charge in [0.1, 0.15) is 0 Å². The van der Waals surface area contributed by atoms with Crippen LogP contribution in [0.3, 0.4) is 0 Å². The average Bonchev–Trinajstić information content (AvgIpc) is 3.05. The molecule has 0 aliphatic carbocycles. The molecule has 7 heteroatoms. The molecule has 1 unspecified atom stereocenters. The lowest BCUT2D eigenvalue weighted by atomic mass is 10.1. The van der Waals surface area contributed by atoms with Gasteiger partial charge in [-0.3, -0.25) is 0 Å². The van der Waals surface area contributed by atoms with Crippen molar-refractivity contribution < 1.29 is 9.84 Å². The first kappa shape index (κ1) is 18.5. The van der Waals surface area contributed by atoms with Gasteiger partial charge in [0.05, 0.1) is 25.9 Å². The molecule has 3 aromatic rings. The van der Waals surface area contributed by atoms with Gasteiger partial charge in [0.15, 0.2) is 5.82 Å². The van der Waals surface area contributed by atoms with Crippen molar-refractivity contribution in [2.75, 3.05) is 6.61 Å². The van der Waals surface area contributed by atoms with Crippen molar-refractivity contribution in [1.29, 1.82) is 0 Å². The number of hydrogen-bond donors (Lipinski definition) is 1. The second kappa shape index (κ2) is 8.89. The Bertz CT molecular complexity index is 853. The highest BCUT2D eigenvalue weighted by molar-refractivity contribution is 6.31. The smallest absolute Gasteiger partial charge is 0.179 e. The molecule has 0 aliphatic heterocycles. The number of ether oxygens (including phenoxy) is 1. The van der Waals surface area contributed by atoms with E-state index in [0.717, 1.165) is 11.1 Å². The van der Waals surface area contributed by atoms with Crippen molar-refractivity contribution in [1.82, 2.24) is 20.2 Å². The van der Waals surface area contributed by atoms with Crippen molar-refractivity contribution in [3.8, 4) is 0 Å². The minimum Gasteiger partial charge on any atom is -0.389 e. The third kappa shape index (κ3) is 5.11. The van der Waals surface area contributed by atoms with Gasteiger partial charge < -0.3 is 9.84 Å². The van der Waals surface area contributed by atoms with Crippen molar-refractivity contribution >= 4 is 11.6 Å². The summed E-state index contributed by atoms with van der Waals surface area (Å²) in [5.41, 5.74) is 3.24. The zero-order valence-corrected chi connectivity index (χ0v) is 15.3. The fraction of sp³-hybridized carbons (Fsp3) is 0.316. The predicted octanol–water partition coefficient (Wildman–Crippen LogP) is 2.80. The molecule has 0 saturated heterocycles. The molecule has 0 spiro atoms. The van der Waals surface area contributed by atoms with E-state index in [9.17, 15) is 5.11 Å². The third-order valence-corrected chi connectivity index (χ3v) is 4.37. The molecule has 2 aromatic carbocycles.